The van der Waals surface area contributed by atoms with E-state index in [0.29, 0.717) is 24.8 Å². The fraction of sp³-hybridized carbons (Fsp3) is 1.00. The zero-order valence-electron chi connectivity index (χ0n) is 10.3. The van der Waals surface area contributed by atoms with E-state index in [2.05, 4.69) is 23.9 Å². The molecule has 0 heterocycles. The Morgan fingerprint density at radius 1 is 1.29 bits per heavy atom. The van der Waals surface area contributed by atoms with Crippen molar-refractivity contribution in [1.82, 2.24) is 5.32 Å². The van der Waals surface area contributed by atoms with Crippen LogP contribution in [-0.2, 0) is 4.74 Å². The number of ether oxygens (including phenoxy) is 1. The molecule has 0 aromatic rings. The van der Waals surface area contributed by atoms with Crippen molar-refractivity contribution in [3.05, 3.63) is 0 Å². The van der Waals surface area contributed by atoms with Crippen LogP contribution in [0.15, 0.2) is 0 Å². The molecule has 0 saturated carbocycles. The van der Waals surface area contributed by atoms with E-state index in [0.717, 1.165) is 6.42 Å². The van der Waals surface area contributed by atoms with E-state index < -0.39 is 12.8 Å². The third-order valence-electron chi connectivity index (χ3n) is 2.11. The van der Waals surface area contributed by atoms with Gasteiger partial charge in [0.2, 0.25) is 0 Å². The van der Waals surface area contributed by atoms with Gasteiger partial charge in [0, 0.05) is 18.5 Å². The summed E-state index contributed by atoms with van der Waals surface area (Å²) in [5.74, 6) is 1.06. The lowest BCUT2D eigenvalue weighted by molar-refractivity contribution is -0.173. The SMILES string of the molecule is CC(C)CC(CCl)NCCCOCC(F)(F)F. The number of nitrogens with one attached hydrogen (secondary N) is 1. The van der Waals surface area contributed by atoms with Gasteiger partial charge in [0.1, 0.15) is 6.61 Å². The van der Waals surface area contributed by atoms with Gasteiger partial charge in [0.05, 0.1) is 0 Å². The van der Waals surface area contributed by atoms with Crippen LogP contribution < -0.4 is 5.32 Å². The minimum atomic E-state index is -4.23. The Morgan fingerprint density at radius 2 is 1.94 bits per heavy atom. The minimum absolute atomic E-state index is 0.114. The standard InChI is InChI=1S/C11H21ClF3NO/c1-9(2)6-10(7-12)16-4-3-5-17-8-11(13,14)15/h9-10,16H,3-8H2,1-2H3. The first-order chi connectivity index (χ1) is 7.85. The van der Waals surface area contributed by atoms with Crippen molar-refractivity contribution in [1.29, 1.82) is 0 Å². The van der Waals surface area contributed by atoms with Crippen molar-refractivity contribution in [3.63, 3.8) is 0 Å². The summed E-state index contributed by atoms with van der Waals surface area (Å²) in [4.78, 5) is 0. The Labute approximate surface area is 106 Å². The predicted octanol–water partition coefficient (Wildman–Crippen LogP) is 3.20. The molecule has 104 valence electrons. The summed E-state index contributed by atoms with van der Waals surface area (Å²) >= 11 is 5.77. The molecule has 1 atom stereocenters. The van der Waals surface area contributed by atoms with Crippen LogP contribution in [0.25, 0.3) is 0 Å². The average Bonchev–Trinajstić information content (AvgIpc) is 2.19. The van der Waals surface area contributed by atoms with Crippen LogP contribution in [0.1, 0.15) is 26.7 Å². The molecule has 0 aliphatic rings. The lowest BCUT2D eigenvalue weighted by Gasteiger charge is -2.18. The highest BCUT2D eigenvalue weighted by atomic mass is 35.5. The number of rotatable bonds is 9. The van der Waals surface area contributed by atoms with Crippen molar-refractivity contribution in [2.45, 2.75) is 38.9 Å². The molecule has 0 aliphatic carbocycles. The van der Waals surface area contributed by atoms with E-state index in [1.165, 1.54) is 0 Å². The average molecular weight is 276 g/mol. The zero-order chi connectivity index (χ0) is 13.3. The molecule has 0 spiro atoms. The topological polar surface area (TPSA) is 21.3 Å². The fourth-order valence-electron chi connectivity index (χ4n) is 1.44. The Hall–Kier alpha value is -0.0000000000000000555. The molecule has 6 heteroatoms. The summed E-state index contributed by atoms with van der Waals surface area (Å²) in [5, 5.41) is 3.21. The second kappa shape index (κ2) is 9.00. The summed E-state index contributed by atoms with van der Waals surface area (Å²) in [6, 6.07) is 0.222. The third kappa shape index (κ3) is 12.2. The van der Waals surface area contributed by atoms with Gasteiger partial charge in [-0.2, -0.15) is 13.2 Å². The molecule has 2 nitrogen and oxygen atoms in total. The maximum atomic E-state index is 11.7. The van der Waals surface area contributed by atoms with Crippen LogP contribution in [-0.4, -0.2) is 37.9 Å². The molecule has 0 aromatic heterocycles. The summed E-state index contributed by atoms with van der Waals surface area (Å²) in [7, 11) is 0. The van der Waals surface area contributed by atoms with Crippen molar-refractivity contribution in [3.8, 4) is 0 Å². The second-order valence-electron chi connectivity index (χ2n) is 4.46. The van der Waals surface area contributed by atoms with E-state index in [9.17, 15) is 13.2 Å². The highest BCUT2D eigenvalue weighted by Gasteiger charge is 2.27. The molecular formula is C11H21ClF3NO. The van der Waals surface area contributed by atoms with Gasteiger partial charge in [-0.3, -0.25) is 0 Å². The Bertz CT molecular complexity index is 188. The largest absolute Gasteiger partial charge is 0.411 e. The van der Waals surface area contributed by atoms with Gasteiger partial charge in [-0.1, -0.05) is 13.8 Å². The Balaban J connectivity index is 3.43. The van der Waals surface area contributed by atoms with Crippen molar-refractivity contribution in [2.24, 2.45) is 5.92 Å². The summed E-state index contributed by atoms with van der Waals surface area (Å²) < 4.78 is 39.7. The lowest BCUT2D eigenvalue weighted by atomic mass is 10.1. The van der Waals surface area contributed by atoms with E-state index >= 15 is 0 Å². The summed E-state index contributed by atoms with van der Waals surface area (Å²) in [6.45, 7) is 3.78. The highest BCUT2D eigenvalue weighted by molar-refractivity contribution is 6.18. The van der Waals surface area contributed by atoms with Crippen molar-refractivity contribution < 1.29 is 17.9 Å². The first-order valence-electron chi connectivity index (χ1n) is 5.79. The fourth-order valence-corrected chi connectivity index (χ4v) is 1.67. The molecule has 0 aromatic carbocycles. The summed E-state index contributed by atoms with van der Waals surface area (Å²) in [5.41, 5.74) is 0. The van der Waals surface area contributed by atoms with E-state index in [1.54, 1.807) is 0 Å². The van der Waals surface area contributed by atoms with Gasteiger partial charge in [-0.05, 0) is 25.3 Å². The van der Waals surface area contributed by atoms with Crippen LogP contribution in [0.4, 0.5) is 13.2 Å². The Morgan fingerprint density at radius 3 is 2.41 bits per heavy atom. The monoisotopic (exact) mass is 275 g/mol. The zero-order valence-corrected chi connectivity index (χ0v) is 11.1. The van der Waals surface area contributed by atoms with Crippen LogP contribution in [0, 0.1) is 5.92 Å². The molecular weight excluding hydrogens is 255 g/mol. The molecule has 0 rings (SSSR count). The first kappa shape index (κ1) is 17.0. The maximum Gasteiger partial charge on any atom is 0.411 e. The molecule has 0 amide bonds. The first-order valence-corrected chi connectivity index (χ1v) is 6.32. The number of halogens is 4. The maximum absolute atomic E-state index is 11.7. The van der Waals surface area contributed by atoms with E-state index in [-0.39, 0.29) is 12.6 Å². The molecule has 17 heavy (non-hydrogen) atoms. The van der Waals surface area contributed by atoms with Gasteiger partial charge in [-0.25, -0.2) is 0 Å². The number of hydrogen-bond donors (Lipinski definition) is 1. The molecule has 1 N–H and O–H groups in total. The van der Waals surface area contributed by atoms with Gasteiger partial charge in [-0.15, -0.1) is 11.6 Å². The van der Waals surface area contributed by atoms with Crippen molar-refractivity contribution in [2.75, 3.05) is 25.6 Å². The second-order valence-corrected chi connectivity index (χ2v) is 4.76. The third-order valence-corrected chi connectivity index (χ3v) is 2.48. The summed E-state index contributed by atoms with van der Waals surface area (Å²) in [6.07, 6.45) is -2.71. The van der Waals surface area contributed by atoms with Crippen molar-refractivity contribution >= 4 is 11.6 Å². The van der Waals surface area contributed by atoms with Gasteiger partial charge < -0.3 is 10.1 Å². The van der Waals surface area contributed by atoms with E-state index in [4.69, 9.17) is 11.6 Å². The lowest BCUT2D eigenvalue weighted by Crippen LogP contribution is -2.33. The number of hydrogen-bond acceptors (Lipinski definition) is 2. The smallest absolute Gasteiger partial charge is 0.372 e. The highest BCUT2D eigenvalue weighted by Crippen LogP contribution is 2.14. The predicted molar refractivity (Wildman–Crippen MR) is 63.5 cm³/mol. The van der Waals surface area contributed by atoms with Crippen LogP contribution in [0.3, 0.4) is 0 Å². The minimum Gasteiger partial charge on any atom is -0.372 e. The van der Waals surface area contributed by atoms with E-state index in [1.807, 2.05) is 0 Å². The molecule has 0 aliphatic heterocycles. The van der Waals surface area contributed by atoms with Crippen LogP contribution in [0.5, 0.6) is 0 Å². The Kier molecular flexibility index (Phi) is 9.00. The van der Waals surface area contributed by atoms with Crippen LogP contribution >= 0.6 is 11.6 Å². The van der Waals surface area contributed by atoms with Gasteiger partial charge >= 0.3 is 6.18 Å². The van der Waals surface area contributed by atoms with Gasteiger partial charge in [0.25, 0.3) is 0 Å². The van der Waals surface area contributed by atoms with Crippen LogP contribution in [0.2, 0.25) is 0 Å². The quantitative estimate of drug-likeness (QED) is 0.515. The molecule has 0 bridgehead atoms. The normalized spacial score (nSPS) is 14.3. The number of alkyl halides is 4. The van der Waals surface area contributed by atoms with Gasteiger partial charge in [0.15, 0.2) is 0 Å². The molecule has 0 fully saturated rings. The molecule has 1 unspecified atom stereocenters. The molecule has 0 saturated heterocycles. The molecule has 0 radical (unpaired) electrons.